The van der Waals surface area contributed by atoms with Crippen LogP contribution in [0.2, 0.25) is 5.02 Å². The van der Waals surface area contributed by atoms with E-state index in [0.29, 0.717) is 77.0 Å². The van der Waals surface area contributed by atoms with E-state index in [-0.39, 0.29) is 40.6 Å². The molecule has 1 aliphatic heterocycles. The third-order valence-electron chi connectivity index (χ3n) is 6.51. The molecule has 0 atom stereocenters. The lowest BCUT2D eigenvalue weighted by Gasteiger charge is -2.35. The van der Waals surface area contributed by atoms with E-state index >= 15 is 8.78 Å². The second-order valence-corrected chi connectivity index (χ2v) is 9.64. The van der Waals surface area contributed by atoms with Crippen LogP contribution in [0.4, 0.5) is 14.6 Å². The van der Waals surface area contributed by atoms with Gasteiger partial charge in [0.1, 0.15) is 42.1 Å². The summed E-state index contributed by atoms with van der Waals surface area (Å²) in [5.41, 5.74) is 5.13. The fraction of sp³-hybridized carbons (Fsp3) is 0.414. The van der Waals surface area contributed by atoms with Gasteiger partial charge in [-0.1, -0.05) is 17.7 Å². The van der Waals surface area contributed by atoms with Gasteiger partial charge in [-0.15, -0.1) is 0 Å². The van der Waals surface area contributed by atoms with Gasteiger partial charge in [-0.3, -0.25) is 4.79 Å². The number of allylic oxidation sites excluding steroid dienone is 1. The summed E-state index contributed by atoms with van der Waals surface area (Å²) in [4.78, 5) is 23.2. The van der Waals surface area contributed by atoms with Gasteiger partial charge in [0.25, 0.3) is 0 Å². The van der Waals surface area contributed by atoms with Crippen molar-refractivity contribution in [2.24, 2.45) is 5.73 Å². The zero-order valence-corrected chi connectivity index (χ0v) is 23.9. The molecule has 0 bridgehead atoms. The number of nitrogens with zero attached hydrogens (tertiary/aromatic N) is 4. The second kappa shape index (κ2) is 16.3. The Morgan fingerprint density at radius 3 is 2.31 bits per heavy atom. The first kappa shape index (κ1) is 31.5. The minimum Gasteiger partial charge on any atom is -0.490 e. The van der Waals surface area contributed by atoms with Crippen LogP contribution in [0.25, 0.3) is 22.0 Å². The van der Waals surface area contributed by atoms with E-state index < -0.39 is 11.6 Å². The number of hydrogen-bond donors (Lipinski definition) is 1. The molecule has 13 heteroatoms. The Labute approximate surface area is 247 Å². The Hall–Kier alpha value is -3.42. The fourth-order valence-electron chi connectivity index (χ4n) is 4.54. The number of carbonyl (C=O) groups is 1. The van der Waals surface area contributed by atoms with Gasteiger partial charge in [0.05, 0.1) is 50.2 Å². The number of nitrogens with two attached hydrogens (primary N) is 1. The van der Waals surface area contributed by atoms with Gasteiger partial charge >= 0.3 is 0 Å². The van der Waals surface area contributed by atoms with Crippen LogP contribution in [0.5, 0.6) is 5.75 Å². The standard InChI is InChI=1S/C29H34ClF2N5O5/c30-22-19-21-28(34-20-35-29(21)37-9-7-36(8-10-37)6-2-11-38)27(32)25(22)26-23(31)3-1-4-24(26)42-18-17-41-16-15-40-14-13-39-12-5-33/h1-4,6,11,19-20H,5,7-10,12-18,33H2. The van der Waals surface area contributed by atoms with Crippen LogP contribution in [0, 0.1) is 11.6 Å². The fourth-order valence-corrected chi connectivity index (χ4v) is 4.83. The van der Waals surface area contributed by atoms with Crippen LogP contribution < -0.4 is 15.4 Å². The molecular formula is C29H34ClF2N5O5. The number of halogens is 3. The zero-order chi connectivity index (χ0) is 29.7. The first-order valence-electron chi connectivity index (χ1n) is 13.6. The van der Waals surface area contributed by atoms with Crippen molar-refractivity contribution >= 4 is 34.6 Å². The molecule has 1 aromatic heterocycles. The van der Waals surface area contributed by atoms with Crippen molar-refractivity contribution in [3.63, 3.8) is 0 Å². The molecule has 1 fully saturated rings. The van der Waals surface area contributed by atoms with E-state index in [1.54, 1.807) is 18.3 Å². The molecule has 42 heavy (non-hydrogen) atoms. The maximum atomic E-state index is 16.1. The van der Waals surface area contributed by atoms with E-state index in [1.807, 2.05) is 9.80 Å². The number of benzene rings is 2. The van der Waals surface area contributed by atoms with Gasteiger partial charge in [-0.25, -0.2) is 18.7 Å². The number of rotatable bonds is 16. The van der Waals surface area contributed by atoms with Crippen LogP contribution >= 0.6 is 11.6 Å². The number of ether oxygens (including phenoxy) is 4. The van der Waals surface area contributed by atoms with Crippen LogP contribution in [0.15, 0.2) is 42.9 Å². The average Bonchev–Trinajstić information content (AvgIpc) is 3.00. The number of hydrogen-bond acceptors (Lipinski definition) is 10. The summed E-state index contributed by atoms with van der Waals surface area (Å²) in [7, 11) is 0. The molecule has 0 amide bonds. The molecule has 4 rings (SSSR count). The highest BCUT2D eigenvalue weighted by atomic mass is 35.5. The molecule has 0 radical (unpaired) electrons. The summed E-state index contributed by atoms with van der Waals surface area (Å²) in [6.07, 6.45) is 5.19. The highest BCUT2D eigenvalue weighted by Crippen LogP contribution is 2.42. The molecule has 2 aromatic carbocycles. The lowest BCUT2D eigenvalue weighted by atomic mass is 10.0. The average molecular weight is 606 g/mol. The van der Waals surface area contributed by atoms with Crippen molar-refractivity contribution in [1.82, 2.24) is 14.9 Å². The number of anilines is 1. The Morgan fingerprint density at radius 1 is 0.929 bits per heavy atom. The molecule has 226 valence electrons. The predicted molar refractivity (Wildman–Crippen MR) is 156 cm³/mol. The predicted octanol–water partition coefficient (Wildman–Crippen LogP) is 3.45. The highest BCUT2D eigenvalue weighted by Gasteiger charge is 2.25. The molecule has 1 aliphatic rings. The lowest BCUT2D eigenvalue weighted by molar-refractivity contribution is -0.104. The van der Waals surface area contributed by atoms with Gasteiger partial charge in [0, 0.05) is 49.9 Å². The second-order valence-electron chi connectivity index (χ2n) is 9.23. The summed E-state index contributed by atoms with van der Waals surface area (Å²) >= 11 is 6.61. The molecule has 3 aromatic rings. The normalized spacial score (nSPS) is 13.8. The van der Waals surface area contributed by atoms with E-state index in [9.17, 15) is 4.79 Å². The van der Waals surface area contributed by atoms with Gasteiger partial charge in [-0.2, -0.15) is 0 Å². The number of fused-ring (bicyclic) bond motifs is 1. The van der Waals surface area contributed by atoms with E-state index in [2.05, 4.69) is 9.97 Å². The monoisotopic (exact) mass is 605 g/mol. The Balaban J connectivity index is 1.45. The van der Waals surface area contributed by atoms with Gasteiger partial charge in [0.15, 0.2) is 5.82 Å². The van der Waals surface area contributed by atoms with Crippen LogP contribution in [-0.4, -0.2) is 100 Å². The van der Waals surface area contributed by atoms with Crippen LogP contribution in [0.3, 0.4) is 0 Å². The van der Waals surface area contributed by atoms with Gasteiger partial charge in [0.2, 0.25) is 0 Å². The van der Waals surface area contributed by atoms with Crippen LogP contribution in [0.1, 0.15) is 0 Å². The Kier molecular flexibility index (Phi) is 12.2. The van der Waals surface area contributed by atoms with Crippen molar-refractivity contribution < 1.29 is 32.5 Å². The van der Waals surface area contributed by atoms with E-state index in [4.69, 9.17) is 36.3 Å². The molecule has 1 saturated heterocycles. The summed E-state index contributed by atoms with van der Waals surface area (Å²) in [6.45, 7) is 5.39. The number of piperazine rings is 1. The molecule has 10 nitrogen and oxygen atoms in total. The Bertz CT molecular complexity index is 1360. The molecule has 0 spiro atoms. The summed E-state index contributed by atoms with van der Waals surface area (Å²) in [6, 6.07) is 5.81. The Morgan fingerprint density at radius 2 is 1.62 bits per heavy atom. The third kappa shape index (κ3) is 8.11. The van der Waals surface area contributed by atoms with Crippen molar-refractivity contribution in [2.75, 3.05) is 83.9 Å². The van der Waals surface area contributed by atoms with Crippen molar-refractivity contribution in [3.8, 4) is 16.9 Å². The van der Waals surface area contributed by atoms with E-state index in [0.717, 1.165) is 6.29 Å². The lowest BCUT2D eigenvalue weighted by Crippen LogP contribution is -2.44. The zero-order valence-electron chi connectivity index (χ0n) is 23.1. The quantitative estimate of drug-likeness (QED) is 0.148. The summed E-state index contributed by atoms with van der Waals surface area (Å²) in [5.74, 6) is -0.804. The smallest absolute Gasteiger partial charge is 0.159 e. The molecular weight excluding hydrogens is 572 g/mol. The maximum absolute atomic E-state index is 16.1. The van der Waals surface area contributed by atoms with Crippen LogP contribution in [-0.2, 0) is 19.0 Å². The number of aldehydes is 1. The summed E-state index contributed by atoms with van der Waals surface area (Å²) < 4.78 is 53.2. The molecule has 0 unspecified atom stereocenters. The first-order chi connectivity index (χ1) is 20.5. The number of aromatic nitrogens is 2. The highest BCUT2D eigenvalue weighted by molar-refractivity contribution is 6.34. The van der Waals surface area contributed by atoms with Crippen molar-refractivity contribution in [1.29, 1.82) is 0 Å². The maximum Gasteiger partial charge on any atom is 0.159 e. The van der Waals surface area contributed by atoms with Crippen molar-refractivity contribution in [3.05, 3.63) is 59.5 Å². The largest absolute Gasteiger partial charge is 0.490 e. The minimum atomic E-state index is -0.771. The topological polar surface area (TPSA) is 112 Å². The molecule has 2 N–H and O–H groups in total. The third-order valence-corrected chi connectivity index (χ3v) is 6.80. The summed E-state index contributed by atoms with van der Waals surface area (Å²) in [5, 5.41) is 0.420. The molecule has 0 saturated carbocycles. The van der Waals surface area contributed by atoms with Gasteiger partial charge in [-0.05, 0) is 24.3 Å². The first-order valence-corrected chi connectivity index (χ1v) is 14.0. The molecule has 2 heterocycles. The number of carbonyl (C=O) groups excluding carboxylic acids is 1. The van der Waals surface area contributed by atoms with Gasteiger partial charge < -0.3 is 34.5 Å². The van der Waals surface area contributed by atoms with Crippen molar-refractivity contribution in [2.45, 2.75) is 0 Å². The molecule has 0 aliphatic carbocycles. The van der Waals surface area contributed by atoms with E-state index in [1.165, 1.54) is 24.5 Å². The minimum absolute atomic E-state index is 0.00222. The SMILES string of the molecule is NCCOCCOCCOCCOc1cccc(F)c1-c1c(Cl)cc2c(N3CCN(C=CC=O)CC3)ncnc2c1F.